The fourth-order valence-corrected chi connectivity index (χ4v) is 3.71. The molecule has 134 valence electrons. The number of aryl methyl sites for hydroxylation is 2. The zero-order valence-electron chi connectivity index (χ0n) is 14.2. The van der Waals surface area contributed by atoms with Crippen LogP contribution in [0, 0.1) is 12.7 Å². The molecular weight excluding hydrogens is 341 g/mol. The average Bonchev–Trinajstić information content (AvgIpc) is 2.56. The third-order valence-electron chi connectivity index (χ3n) is 3.83. The maximum absolute atomic E-state index is 13.2. The summed E-state index contributed by atoms with van der Waals surface area (Å²) in [5, 5.41) is 2.57. The van der Waals surface area contributed by atoms with Crippen LogP contribution in [0.2, 0.25) is 0 Å². The molecule has 0 aliphatic carbocycles. The second-order valence-electron chi connectivity index (χ2n) is 6.04. The van der Waals surface area contributed by atoms with Gasteiger partial charge >= 0.3 is 0 Å². The van der Waals surface area contributed by atoms with Gasteiger partial charge in [-0.05, 0) is 42.5 Å². The van der Waals surface area contributed by atoms with E-state index in [-0.39, 0.29) is 18.1 Å². The summed E-state index contributed by atoms with van der Waals surface area (Å²) in [5.41, 5.74) is 2.29. The molecule has 0 aliphatic rings. The van der Waals surface area contributed by atoms with Gasteiger partial charge in [-0.25, -0.2) is 12.8 Å². The molecule has 0 atom stereocenters. The standard InChI is InChI=1S/C19H22FNO3S/c1-15-12-17(9-10-18(15)20)13-21-19(22)14-25(23,24)11-5-8-16-6-3-2-4-7-16/h2-4,6-7,9-10,12H,5,8,11,13-14H2,1H3,(H,21,22). The van der Waals surface area contributed by atoms with Crippen LogP contribution in [-0.2, 0) is 27.6 Å². The quantitative estimate of drug-likeness (QED) is 0.784. The topological polar surface area (TPSA) is 63.2 Å². The first-order valence-corrected chi connectivity index (χ1v) is 9.94. The zero-order chi connectivity index (χ0) is 18.3. The lowest BCUT2D eigenvalue weighted by molar-refractivity contribution is -0.118. The first-order valence-electron chi connectivity index (χ1n) is 8.12. The van der Waals surface area contributed by atoms with E-state index in [1.165, 1.54) is 6.07 Å². The molecule has 4 nitrogen and oxygen atoms in total. The Hall–Kier alpha value is -2.21. The Morgan fingerprint density at radius 1 is 1.08 bits per heavy atom. The molecule has 2 aromatic rings. The van der Waals surface area contributed by atoms with Gasteiger partial charge in [-0.1, -0.05) is 42.5 Å². The summed E-state index contributed by atoms with van der Waals surface area (Å²) in [6, 6.07) is 14.2. The number of benzene rings is 2. The van der Waals surface area contributed by atoms with Gasteiger partial charge in [0.15, 0.2) is 9.84 Å². The molecule has 0 bridgehead atoms. The molecule has 0 saturated carbocycles. The lowest BCUT2D eigenvalue weighted by atomic mass is 10.1. The third-order valence-corrected chi connectivity index (χ3v) is 5.44. The smallest absolute Gasteiger partial charge is 0.235 e. The van der Waals surface area contributed by atoms with Gasteiger partial charge in [0.1, 0.15) is 11.6 Å². The summed E-state index contributed by atoms with van der Waals surface area (Å²) >= 11 is 0. The van der Waals surface area contributed by atoms with Gasteiger partial charge in [0.2, 0.25) is 5.91 Å². The van der Waals surface area contributed by atoms with E-state index in [0.717, 1.165) is 11.1 Å². The van der Waals surface area contributed by atoms with Crippen molar-refractivity contribution < 1.29 is 17.6 Å². The van der Waals surface area contributed by atoms with Crippen LogP contribution in [0.25, 0.3) is 0 Å². The van der Waals surface area contributed by atoms with Crippen molar-refractivity contribution in [2.24, 2.45) is 0 Å². The van der Waals surface area contributed by atoms with E-state index in [2.05, 4.69) is 5.32 Å². The van der Waals surface area contributed by atoms with E-state index < -0.39 is 21.5 Å². The molecule has 1 amide bonds. The van der Waals surface area contributed by atoms with Crippen molar-refractivity contribution in [3.05, 3.63) is 71.0 Å². The van der Waals surface area contributed by atoms with Crippen LogP contribution >= 0.6 is 0 Å². The van der Waals surface area contributed by atoms with Crippen LogP contribution in [0.1, 0.15) is 23.1 Å². The molecule has 0 spiro atoms. The van der Waals surface area contributed by atoms with Crippen LogP contribution < -0.4 is 5.32 Å². The SMILES string of the molecule is Cc1cc(CNC(=O)CS(=O)(=O)CCCc2ccccc2)ccc1F. The van der Waals surface area contributed by atoms with Gasteiger partial charge in [0.25, 0.3) is 0 Å². The molecule has 1 N–H and O–H groups in total. The molecule has 2 aromatic carbocycles. The fraction of sp³-hybridized carbons (Fsp3) is 0.316. The molecular formula is C19H22FNO3S. The molecule has 0 heterocycles. The monoisotopic (exact) mass is 363 g/mol. The predicted octanol–water partition coefficient (Wildman–Crippen LogP) is 2.80. The summed E-state index contributed by atoms with van der Waals surface area (Å²) in [6.45, 7) is 1.82. The first-order chi connectivity index (χ1) is 11.9. The molecule has 0 saturated heterocycles. The molecule has 0 aliphatic heterocycles. The second-order valence-corrected chi connectivity index (χ2v) is 8.23. The summed E-state index contributed by atoms with van der Waals surface area (Å²) < 4.78 is 37.3. The van der Waals surface area contributed by atoms with Crippen LogP contribution in [0.4, 0.5) is 4.39 Å². The summed E-state index contributed by atoms with van der Waals surface area (Å²) in [5.74, 6) is -1.40. The normalized spacial score (nSPS) is 11.3. The predicted molar refractivity (Wildman–Crippen MR) is 96.4 cm³/mol. The van der Waals surface area contributed by atoms with Crippen LogP contribution in [0.15, 0.2) is 48.5 Å². The highest BCUT2D eigenvalue weighted by Gasteiger charge is 2.16. The van der Waals surface area contributed by atoms with E-state index >= 15 is 0 Å². The zero-order valence-corrected chi connectivity index (χ0v) is 15.0. The number of amides is 1. The number of hydrogen-bond donors (Lipinski definition) is 1. The number of nitrogens with one attached hydrogen (secondary N) is 1. The Labute approximate surface area is 148 Å². The minimum absolute atomic E-state index is 0.0228. The summed E-state index contributed by atoms with van der Waals surface area (Å²) in [4.78, 5) is 11.9. The number of halogens is 1. The maximum atomic E-state index is 13.2. The molecule has 0 unspecified atom stereocenters. The lowest BCUT2D eigenvalue weighted by Gasteiger charge is -2.08. The maximum Gasteiger partial charge on any atom is 0.235 e. The number of carbonyl (C=O) groups excluding carboxylic acids is 1. The van der Waals surface area contributed by atoms with Crippen molar-refractivity contribution in [2.75, 3.05) is 11.5 Å². The number of hydrogen-bond acceptors (Lipinski definition) is 3. The first kappa shape index (κ1) is 19.1. The fourth-order valence-electron chi connectivity index (χ4n) is 2.48. The van der Waals surface area contributed by atoms with Crippen molar-refractivity contribution in [1.29, 1.82) is 0 Å². The second kappa shape index (κ2) is 8.76. The van der Waals surface area contributed by atoms with E-state index in [0.29, 0.717) is 18.4 Å². The summed E-state index contributed by atoms with van der Waals surface area (Å²) in [7, 11) is -3.44. The van der Waals surface area contributed by atoms with Crippen molar-refractivity contribution in [1.82, 2.24) is 5.32 Å². The highest BCUT2D eigenvalue weighted by molar-refractivity contribution is 7.92. The van der Waals surface area contributed by atoms with Crippen LogP contribution in [0.3, 0.4) is 0 Å². The number of sulfone groups is 1. The van der Waals surface area contributed by atoms with E-state index in [4.69, 9.17) is 0 Å². The minimum Gasteiger partial charge on any atom is -0.351 e. The number of rotatable bonds is 8. The van der Waals surface area contributed by atoms with E-state index in [1.54, 1.807) is 19.1 Å². The summed E-state index contributed by atoms with van der Waals surface area (Å²) in [6.07, 6.45) is 1.15. The molecule has 0 fully saturated rings. The van der Waals surface area contributed by atoms with Crippen molar-refractivity contribution in [3.63, 3.8) is 0 Å². The van der Waals surface area contributed by atoms with Gasteiger partial charge in [-0.15, -0.1) is 0 Å². The number of carbonyl (C=O) groups is 1. The van der Waals surface area contributed by atoms with Gasteiger partial charge in [0, 0.05) is 6.54 Å². The van der Waals surface area contributed by atoms with Gasteiger partial charge in [-0.3, -0.25) is 4.79 Å². The lowest BCUT2D eigenvalue weighted by Crippen LogP contribution is -2.31. The molecule has 2 rings (SSSR count). The molecule has 25 heavy (non-hydrogen) atoms. The van der Waals surface area contributed by atoms with E-state index in [9.17, 15) is 17.6 Å². The van der Waals surface area contributed by atoms with Gasteiger partial charge in [-0.2, -0.15) is 0 Å². The van der Waals surface area contributed by atoms with Crippen LogP contribution in [-0.4, -0.2) is 25.8 Å². The molecule has 0 aromatic heterocycles. The Balaban J connectivity index is 1.77. The Bertz CT molecular complexity index is 820. The Kier molecular flexibility index (Phi) is 6.70. The van der Waals surface area contributed by atoms with Gasteiger partial charge in [0.05, 0.1) is 5.75 Å². The third kappa shape index (κ3) is 6.66. The molecule has 0 radical (unpaired) electrons. The Morgan fingerprint density at radius 3 is 2.48 bits per heavy atom. The van der Waals surface area contributed by atoms with Crippen molar-refractivity contribution >= 4 is 15.7 Å². The minimum atomic E-state index is -3.44. The highest BCUT2D eigenvalue weighted by Crippen LogP contribution is 2.09. The van der Waals surface area contributed by atoms with E-state index in [1.807, 2.05) is 30.3 Å². The average molecular weight is 363 g/mol. The van der Waals surface area contributed by atoms with Crippen molar-refractivity contribution in [2.45, 2.75) is 26.3 Å². The highest BCUT2D eigenvalue weighted by atomic mass is 32.2. The van der Waals surface area contributed by atoms with Crippen molar-refractivity contribution in [3.8, 4) is 0 Å². The van der Waals surface area contributed by atoms with Gasteiger partial charge < -0.3 is 5.32 Å². The largest absolute Gasteiger partial charge is 0.351 e. The van der Waals surface area contributed by atoms with Crippen LogP contribution in [0.5, 0.6) is 0 Å². The molecule has 6 heteroatoms. The Morgan fingerprint density at radius 2 is 1.80 bits per heavy atom.